The molecule has 0 aliphatic rings. The Morgan fingerprint density at radius 3 is 1.95 bits per heavy atom. The number of imide groups is 1. The van der Waals surface area contributed by atoms with Crippen molar-refractivity contribution in [3.05, 3.63) is 0 Å². The van der Waals surface area contributed by atoms with Crippen LogP contribution in [-0.2, 0) is 19.2 Å². The van der Waals surface area contributed by atoms with Crippen LogP contribution in [0.2, 0.25) is 0 Å². The molecule has 0 radical (unpaired) electrons. The zero-order valence-corrected chi connectivity index (χ0v) is 13.3. The SMILES string of the molecule is CCCCCC(=O)NN(C(=O)CCCCC)C(=O)C(=O)NN. The van der Waals surface area contributed by atoms with Gasteiger partial charge in [0.15, 0.2) is 0 Å². The average molecular weight is 314 g/mol. The number of nitrogens with zero attached hydrogens (tertiary/aromatic N) is 1. The molecule has 0 heterocycles. The molecule has 0 saturated heterocycles. The highest BCUT2D eigenvalue weighted by atomic mass is 16.2. The van der Waals surface area contributed by atoms with E-state index in [-0.39, 0.29) is 12.8 Å². The first kappa shape index (κ1) is 20.0. The highest BCUT2D eigenvalue weighted by Crippen LogP contribution is 2.04. The number of carbonyl (C=O) groups is 4. The van der Waals surface area contributed by atoms with Gasteiger partial charge in [-0.25, -0.2) is 5.84 Å². The summed E-state index contributed by atoms with van der Waals surface area (Å²) in [6.07, 6.45) is 5.04. The molecule has 0 bridgehead atoms. The van der Waals surface area contributed by atoms with E-state index in [1.807, 2.05) is 13.8 Å². The molecule has 0 aliphatic carbocycles. The van der Waals surface area contributed by atoms with Gasteiger partial charge in [-0.2, -0.15) is 5.01 Å². The van der Waals surface area contributed by atoms with Crippen molar-refractivity contribution < 1.29 is 19.2 Å². The molecule has 0 aromatic heterocycles. The van der Waals surface area contributed by atoms with Crippen molar-refractivity contribution in [2.75, 3.05) is 0 Å². The minimum atomic E-state index is -1.19. The standard InChI is InChI=1S/C14H26N4O4/c1-3-5-7-9-11(19)17-18(14(22)13(21)16-15)12(20)10-8-6-4-2/h3-10,15H2,1-2H3,(H,16,21)(H,17,19). The van der Waals surface area contributed by atoms with Gasteiger partial charge in [-0.1, -0.05) is 39.5 Å². The monoisotopic (exact) mass is 314 g/mol. The molecule has 0 aromatic carbocycles. The van der Waals surface area contributed by atoms with Crippen LogP contribution >= 0.6 is 0 Å². The minimum absolute atomic E-state index is 0.0761. The van der Waals surface area contributed by atoms with Gasteiger partial charge in [0.2, 0.25) is 11.8 Å². The lowest BCUT2D eigenvalue weighted by Gasteiger charge is -2.20. The molecule has 4 amide bonds. The number of carbonyl (C=O) groups excluding carboxylic acids is 4. The molecule has 0 aliphatic heterocycles. The lowest BCUT2D eigenvalue weighted by Crippen LogP contribution is -2.55. The summed E-state index contributed by atoms with van der Waals surface area (Å²) in [6, 6.07) is 0. The maximum absolute atomic E-state index is 12.0. The molecular weight excluding hydrogens is 288 g/mol. The Kier molecular flexibility index (Phi) is 10.6. The van der Waals surface area contributed by atoms with Gasteiger partial charge in [0.25, 0.3) is 0 Å². The summed E-state index contributed by atoms with van der Waals surface area (Å²) in [7, 11) is 0. The van der Waals surface area contributed by atoms with Crippen LogP contribution in [0.5, 0.6) is 0 Å². The fourth-order valence-corrected chi connectivity index (χ4v) is 1.74. The van der Waals surface area contributed by atoms with Crippen LogP contribution in [0.15, 0.2) is 0 Å². The summed E-state index contributed by atoms with van der Waals surface area (Å²) in [4.78, 5) is 46.9. The smallest absolute Gasteiger partial charge is 0.286 e. The van der Waals surface area contributed by atoms with Crippen LogP contribution < -0.4 is 16.7 Å². The second kappa shape index (κ2) is 11.7. The predicted molar refractivity (Wildman–Crippen MR) is 80.6 cm³/mol. The quantitative estimate of drug-likeness (QED) is 0.198. The number of hydrazine groups is 2. The van der Waals surface area contributed by atoms with Crippen LogP contribution in [0.25, 0.3) is 0 Å². The fraction of sp³-hybridized carbons (Fsp3) is 0.714. The topological polar surface area (TPSA) is 122 Å². The van der Waals surface area contributed by atoms with Crippen molar-refractivity contribution in [3.8, 4) is 0 Å². The largest absolute Gasteiger partial charge is 0.338 e. The van der Waals surface area contributed by atoms with Crippen molar-refractivity contribution in [1.29, 1.82) is 0 Å². The molecule has 0 atom stereocenters. The van der Waals surface area contributed by atoms with Crippen molar-refractivity contribution in [2.24, 2.45) is 5.84 Å². The van der Waals surface area contributed by atoms with E-state index in [0.29, 0.717) is 17.9 Å². The fourth-order valence-electron chi connectivity index (χ4n) is 1.74. The number of unbranched alkanes of at least 4 members (excludes halogenated alkanes) is 4. The first-order valence-electron chi connectivity index (χ1n) is 7.65. The molecule has 0 saturated carbocycles. The Labute approximate surface area is 130 Å². The van der Waals surface area contributed by atoms with E-state index < -0.39 is 23.6 Å². The Morgan fingerprint density at radius 1 is 0.909 bits per heavy atom. The van der Waals surface area contributed by atoms with Crippen LogP contribution in [0, 0.1) is 0 Å². The zero-order valence-electron chi connectivity index (χ0n) is 13.3. The first-order valence-corrected chi connectivity index (χ1v) is 7.65. The van der Waals surface area contributed by atoms with E-state index in [2.05, 4.69) is 5.43 Å². The van der Waals surface area contributed by atoms with Crippen molar-refractivity contribution >= 4 is 23.6 Å². The lowest BCUT2D eigenvalue weighted by molar-refractivity contribution is -0.158. The Morgan fingerprint density at radius 2 is 1.45 bits per heavy atom. The summed E-state index contributed by atoms with van der Waals surface area (Å²) < 4.78 is 0. The molecular formula is C14H26N4O4. The third kappa shape index (κ3) is 7.72. The number of nitrogens with two attached hydrogens (primary N) is 1. The third-order valence-electron chi connectivity index (χ3n) is 3.02. The third-order valence-corrected chi connectivity index (χ3v) is 3.02. The van der Waals surface area contributed by atoms with Gasteiger partial charge in [-0.15, -0.1) is 0 Å². The van der Waals surface area contributed by atoms with Crippen molar-refractivity contribution in [1.82, 2.24) is 15.9 Å². The van der Waals surface area contributed by atoms with Gasteiger partial charge in [-0.3, -0.25) is 30.0 Å². The van der Waals surface area contributed by atoms with Gasteiger partial charge in [0.1, 0.15) is 0 Å². The van der Waals surface area contributed by atoms with Crippen molar-refractivity contribution in [3.63, 3.8) is 0 Å². The minimum Gasteiger partial charge on any atom is -0.286 e. The summed E-state index contributed by atoms with van der Waals surface area (Å²) in [5, 5.41) is 0.464. The molecule has 0 fully saturated rings. The average Bonchev–Trinajstić information content (AvgIpc) is 2.51. The van der Waals surface area contributed by atoms with Crippen LogP contribution in [0.3, 0.4) is 0 Å². The molecule has 0 unspecified atom stereocenters. The summed E-state index contributed by atoms with van der Waals surface area (Å²) in [6.45, 7) is 3.97. The maximum atomic E-state index is 12.0. The molecule has 8 nitrogen and oxygen atoms in total. The normalized spacial score (nSPS) is 9.95. The van der Waals surface area contributed by atoms with Crippen LogP contribution in [0.4, 0.5) is 0 Å². The first-order chi connectivity index (χ1) is 10.5. The zero-order chi connectivity index (χ0) is 17.0. The van der Waals surface area contributed by atoms with Crippen LogP contribution in [0.1, 0.15) is 65.2 Å². The van der Waals surface area contributed by atoms with E-state index in [1.165, 1.54) is 0 Å². The van der Waals surface area contributed by atoms with Crippen molar-refractivity contribution in [2.45, 2.75) is 65.2 Å². The number of amides is 4. The molecule has 0 aromatic rings. The molecule has 8 heteroatoms. The van der Waals surface area contributed by atoms with Gasteiger partial charge in [0, 0.05) is 12.8 Å². The Bertz CT molecular complexity index is 398. The second-order valence-corrected chi connectivity index (χ2v) is 4.96. The van der Waals surface area contributed by atoms with Gasteiger partial charge in [-0.05, 0) is 12.8 Å². The summed E-state index contributed by atoms with van der Waals surface area (Å²) in [5.74, 6) is 1.45. The van der Waals surface area contributed by atoms with E-state index in [1.54, 1.807) is 5.43 Å². The van der Waals surface area contributed by atoms with E-state index in [9.17, 15) is 19.2 Å². The number of hydrogen-bond donors (Lipinski definition) is 3. The Balaban J connectivity index is 4.71. The van der Waals surface area contributed by atoms with Gasteiger partial charge < -0.3 is 0 Å². The van der Waals surface area contributed by atoms with Gasteiger partial charge in [0.05, 0.1) is 0 Å². The summed E-state index contributed by atoms with van der Waals surface area (Å²) in [5.41, 5.74) is 3.86. The summed E-state index contributed by atoms with van der Waals surface area (Å²) >= 11 is 0. The highest BCUT2D eigenvalue weighted by molar-refractivity contribution is 6.37. The molecule has 126 valence electrons. The highest BCUT2D eigenvalue weighted by Gasteiger charge is 2.28. The molecule has 4 N–H and O–H groups in total. The lowest BCUT2D eigenvalue weighted by atomic mass is 10.2. The Hall–Kier alpha value is -1.96. The number of hydrogen-bond acceptors (Lipinski definition) is 5. The van der Waals surface area contributed by atoms with E-state index in [4.69, 9.17) is 5.84 Å². The molecule has 22 heavy (non-hydrogen) atoms. The van der Waals surface area contributed by atoms with Crippen LogP contribution in [-0.4, -0.2) is 28.6 Å². The van der Waals surface area contributed by atoms with E-state index in [0.717, 1.165) is 25.7 Å². The number of rotatable bonds is 8. The second-order valence-electron chi connectivity index (χ2n) is 4.96. The molecule has 0 spiro atoms. The van der Waals surface area contributed by atoms with Gasteiger partial charge >= 0.3 is 11.8 Å². The molecule has 0 rings (SSSR count). The maximum Gasteiger partial charge on any atom is 0.338 e. The number of nitrogens with one attached hydrogen (secondary N) is 2. The van der Waals surface area contributed by atoms with E-state index >= 15 is 0 Å². The predicted octanol–water partition coefficient (Wildman–Crippen LogP) is 0.523.